The van der Waals surface area contributed by atoms with Crippen LogP contribution in [-0.4, -0.2) is 5.88 Å². The molecule has 3 rings (SSSR count). The molecule has 1 aromatic heterocycles. The zero-order chi connectivity index (χ0) is 9.60. The van der Waals surface area contributed by atoms with Crippen molar-refractivity contribution in [1.29, 1.82) is 0 Å². The first kappa shape index (κ1) is 8.84. The normalized spacial score (nSPS) is 39.8. The fraction of sp³-hybridized carbons (Fsp3) is 0.667. The van der Waals surface area contributed by atoms with E-state index in [9.17, 15) is 0 Å². The average molecular weight is 211 g/mol. The van der Waals surface area contributed by atoms with E-state index in [2.05, 4.69) is 6.07 Å². The lowest BCUT2D eigenvalue weighted by Gasteiger charge is -2.27. The number of alkyl halides is 1. The summed E-state index contributed by atoms with van der Waals surface area (Å²) >= 11 is 6.13. The van der Waals surface area contributed by atoms with Crippen molar-refractivity contribution in [3.05, 3.63) is 24.2 Å². The molecule has 1 nitrogen and oxygen atoms in total. The molecular formula is C12H15ClO. The first-order valence-corrected chi connectivity index (χ1v) is 5.93. The van der Waals surface area contributed by atoms with Gasteiger partial charge in [-0.15, -0.1) is 11.6 Å². The van der Waals surface area contributed by atoms with E-state index in [1.807, 2.05) is 6.07 Å². The van der Waals surface area contributed by atoms with Gasteiger partial charge in [0.2, 0.25) is 0 Å². The maximum absolute atomic E-state index is 6.13. The van der Waals surface area contributed by atoms with E-state index < -0.39 is 0 Å². The Hall–Kier alpha value is -0.430. The number of halogens is 1. The largest absolute Gasteiger partial charge is 0.469 e. The molecule has 1 aromatic rings. The van der Waals surface area contributed by atoms with Gasteiger partial charge >= 0.3 is 0 Å². The summed E-state index contributed by atoms with van der Waals surface area (Å²) < 4.78 is 5.41. The average Bonchev–Trinajstić information content (AvgIpc) is 2.68. The van der Waals surface area contributed by atoms with Crippen LogP contribution in [0.1, 0.15) is 25.0 Å². The van der Waals surface area contributed by atoms with Crippen molar-refractivity contribution in [2.45, 2.75) is 25.7 Å². The van der Waals surface area contributed by atoms with Crippen molar-refractivity contribution in [1.82, 2.24) is 0 Å². The predicted octanol–water partition coefficient (Wildman–Crippen LogP) is 3.48. The van der Waals surface area contributed by atoms with Gasteiger partial charge in [0.15, 0.2) is 0 Å². The fourth-order valence-electron chi connectivity index (χ4n) is 3.09. The van der Waals surface area contributed by atoms with Crippen LogP contribution in [0.25, 0.3) is 0 Å². The topological polar surface area (TPSA) is 13.1 Å². The third-order valence-electron chi connectivity index (χ3n) is 3.87. The van der Waals surface area contributed by atoms with Gasteiger partial charge in [-0.25, -0.2) is 0 Å². The minimum Gasteiger partial charge on any atom is -0.469 e. The zero-order valence-corrected chi connectivity index (χ0v) is 8.96. The van der Waals surface area contributed by atoms with Gasteiger partial charge in [-0.1, -0.05) is 0 Å². The number of hydrogen-bond acceptors (Lipinski definition) is 1. The van der Waals surface area contributed by atoms with E-state index in [0.717, 1.165) is 29.9 Å². The summed E-state index contributed by atoms with van der Waals surface area (Å²) in [6.45, 7) is 0. The van der Waals surface area contributed by atoms with Crippen LogP contribution in [0.5, 0.6) is 0 Å². The van der Waals surface area contributed by atoms with Crippen LogP contribution in [0, 0.1) is 17.3 Å². The van der Waals surface area contributed by atoms with Crippen LogP contribution < -0.4 is 0 Å². The molecule has 76 valence electrons. The summed E-state index contributed by atoms with van der Waals surface area (Å²) in [4.78, 5) is 0. The van der Waals surface area contributed by atoms with Crippen LogP contribution in [-0.2, 0) is 6.42 Å². The molecule has 2 heteroatoms. The van der Waals surface area contributed by atoms with Gasteiger partial charge in [-0.3, -0.25) is 0 Å². The lowest BCUT2D eigenvalue weighted by Crippen LogP contribution is -2.23. The Balaban J connectivity index is 1.75. The Kier molecular flexibility index (Phi) is 1.91. The summed E-state index contributed by atoms with van der Waals surface area (Å²) in [6.07, 6.45) is 6.89. The number of hydrogen-bond donors (Lipinski definition) is 0. The molecule has 2 atom stereocenters. The Labute approximate surface area is 89.4 Å². The van der Waals surface area contributed by atoms with E-state index in [0.29, 0.717) is 5.41 Å². The molecule has 2 unspecified atom stereocenters. The molecule has 2 aliphatic rings. The number of fused-ring (bicyclic) bond motifs is 1. The second-order valence-corrected chi connectivity index (χ2v) is 5.32. The van der Waals surface area contributed by atoms with Crippen LogP contribution in [0.2, 0.25) is 0 Å². The highest BCUT2D eigenvalue weighted by atomic mass is 35.5. The molecule has 14 heavy (non-hydrogen) atoms. The number of furan rings is 1. The van der Waals surface area contributed by atoms with E-state index in [4.69, 9.17) is 16.0 Å². The molecule has 0 radical (unpaired) electrons. The van der Waals surface area contributed by atoms with E-state index in [1.165, 1.54) is 19.3 Å². The van der Waals surface area contributed by atoms with Crippen molar-refractivity contribution >= 4 is 11.6 Å². The molecule has 2 aliphatic carbocycles. The first-order valence-electron chi connectivity index (χ1n) is 5.40. The zero-order valence-electron chi connectivity index (χ0n) is 8.21. The molecule has 0 aromatic carbocycles. The van der Waals surface area contributed by atoms with Gasteiger partial charge < -0.3 is 4.42 Å². The Morgan fingerprint density at radius 1 is 1.43 bits per heavy atom. The highest BCUT2D eigenvalue weighted by molar-refractivity contribution is 6.18. The molecule has 1 heterocycles. The third kappa shape index (κ3) is 1.38. The standard InChI is InChI=1S/C12H15ClO/c13-8-12(5-9-4-10(9)6-12)7-11-2-1-3-14-11/h1-3,9-10H,4-8H2. The van der Waals surface area contributed by atoms with Gasteiger partial charge in [0, 0.05) is 12.3 Å². The van der Waals surface area contributed by atoms with Crippen molar-refractivity contribution in [3.8, 4) is 0 Å². The number of rotatable bonds is 3. The minimum atomic E-state index is 0.354. The van der Waals surface area contributed by atoms with Crippen LogP contribution in [0.15, 0.2) is 22.8 Å². The molecule has 0 spiro atoms. The fourth-order valence-corrected chi connectivity index (χ4v) is 3.40. The Morgan fingerprint density at radius 3 is 2.79 bits per heavy atom. The van der Waals surface area contributed by atoms with Gasteiger partial charge in [-0.05, 0) is 48.6 Å². The Morgan fingerprint density at radius 2 is 2.21 bits per heavy atom. The van der Waals surface area contributed by atoms with Gasteiger partial charge in [0.1, 0.15) is 5.76 Å². The van der Waals surface area contributed by atoms with Crippen molar-refractivity contribution in [3.63, 3.8) is 0 Å². The van der Waals surface area contributed by atoms with Gasteiger partial charge in [0.25, 0.3) is 0 Å². The van der Waals surface area contributed by atoms with Crippen LogP contribution in [0.4, 0.5) is 0 Å². The second-order valence-electron chi connectivity index (χ2n) is 5.05. The van der Waals surface area contributed by atoms with Crippen LogP contribution in [0.3, 0.4) is 0 Å². The van der Waals surface area contributed by atoms with E-state index in [-0.39, 0.29) is 0 Å². The van der Waals surface area contributed by atoms with E-state index >= 15 is 0 Å². The molecule has 0 N–H and O–H groups in total. The molecule has 2 fully saturated rings. The van der Waals surface area contributed by atoms with Crippen molar-refractivity contribution < 1.29 is 4.42 Å². The lowest BCUT2D eigenvalue weighted by atomic mass is 9.81. The predicted molar refractivity (Wildman–Crippen MR) is 56.4 cm³/mol. The molecule has 0 saturated heterocycles. The summed E-state index contributed by atoms with van der Waals surface area (Å²) in [6, 6.07) is 4.03. The maximum Gasteiger partial charge on any atom is 0.104 e. The lowest BCUT2D eigenvalue weighted by molar-refractivity contribution is 0.280. The smallest absolute Gasteiger partial charge is 0.104 e. The summed E-state index contributed by atoms with van der Waals surface area (Å²) in [5.74, 6) is 3.88. The van der Waals surface area contributed by atoms with E-state index in [1.54, 1.807) is 6.26 Å². The van der Waals surface area contributed by atoms with Crippen LogP contribution >= 0.6 is 11.6 Å². The highest BCUT2D eigenvalue weighted by Crippen LogP contribution is 2.61. The molecular weight excluding hydrogens is 196 g/mol. The third-order valence-corrected chi connectivity index (χ3v) is 4.44. The SMILES string of the molecule is ClCC1(Cc2ccco2)CC2CC2C1. The monoisotopic (exact) mass is 210 g/mol. The molecule has 0 bridgehead atoms. The highest BCUT2D eigenvalue weighted by Gasteiger charge is 2.53. The quantitative estimate of drug-likeness (QED) is 0.697. The minimum absolute atomic E-state index is 0.354. The summed E-state index contributed by atoms with van der Waals surface area (Å²) in [5.41, 5.74) is 0.354. The molecule has 2 saturated carbocycles. The first-order chi connectivity index (χ1) is 6.81. The maximum atomic E-state index is 6.13. The second kappa shape index (κ2) is 3.03. The molecule has 0 amide bonds. The van der Waals surface area contributed by atoms with Gasteiger partial charge in [0.05, 0.1) is 6.26 Å². The summed E-state index contributed by atoms with van der Waals surface area (Å²) in [7, 11) is 0. The van der Waals surface area contributed by atoms with Crippen molar-refractivity contribution in [2.24, 2.45) is 17.3 Å². The molecule has 0 aliphatic heterocycles. The van der Waals surface area contributed by atoms with Crippen molar-refractivity contribution in [2.75, 3.05) is 5.88 Å². The summed E-state index contributed by atoms with van der Waals surface area (Å²) in [5, 5.41) is 0. The Bertz CT molecular complexity index is 307. The van der Waals surface area contributed by atoms with Gasteiger partial charge in [-0.2, -0.15) is 0 Å².